The van der Waals surface area contributed by atoms with Gasteiger partial charge in [0.25, 0.3) is 5.92 Å². The minimum absolute atomic E-state index is 0.330. The Morgan fingerprint density at radius 2 is 2.00 bits per heavy atom. The monoisotopic (exact) mass is 479 g/mol. The first-order valence-corrected chi connectivity index (χ1v) is 11.4. The van der Waals surface area contributed by atoms with Gasteiger partial charge in [-0.3, -0.25) is 4.40 Å². The second kappa shape index (κ2) is 8.10. The number of aromatic nitrogens is 6. The Labute approximate surface area is 200 Å². The van der Waals surface area contributed by atoms with E-state index in [1.54, 1.807) is 23.7 Å². The van der Waals surface area contributed by atoms with E-state index in [1.165, 1.54) is 0 Å². The summed E-state index contributed by atoms with van der Waals surface area (Å²) in [5, 5.41) is 21.9. The van der Waals surface area contributed by atoms with E-state index in [1.807, 2.05) is 36.7 Å². The lowest BCUT2D eigenvalue weighted by Gasteiger charge is -2.44. The highest BCUT2D eigenvalue weighted by atomic mass is 19.3. The van der Waals surface area contributed by atoms with Gasteiger partial charge in [0.2, 0.25) is 5.95 Å². The third-order valence-corrected chi connectivity index (χ3v) is 6.91. The maximum atomic E-state index is 14.7. The number of anilines is 1. The Balaban J connectivity index is 1.63. The molecule has 0 amide bonds. The van der Waals surface area contributed by atoms with Crippen molar-refractivity contribution in [3.05, 3.63) is 53.6 Å². The van der Waals surface area contributed by atoms with Crippen molar-refractivity contribution >= 4 is 23.3 Å². The second-order valence-corrected chi connectivity index (χ2v) is 9.15. The van der Waals surface area contributed by atoms with Gasteiger partial charge in [-0.25, -0.2) is 18.7 Å². The lowest BCUT2D eigenvalue weighted by atomic mass is 9.64. The van der Waals surface area contributed by atoms with Crippen molar-refractivity contribution in [1.29, 1.82) is 5.41 Å². The summed E-state index contributed by atoms with van der Waals surface area (Å²) in [6.45, 7) is 4.79. The molecule has 5 rings (SSSR count). The minimum Gasteiger partial charge on any atom is -0.375 e. The van der Waals surface area contributed by atoms with Gasteiger partial charge in [-0.05, 0) is 44.4 Å². The molecular formula is C24H27F2N9. The Kier molecular flexibility index (Phi) is 5.30. The summed E-state index contributed by atoms with van der Waals surface area (Å²) >= 11 is 0. The molecular weight excluding hydrogens is 452 g/mol. The molecule has 4 heterocycles. The SMILES string of the molecule is CN/C(=C\C=N)Nc1ncc(C)c(-c2cc3c4nnc(C5(C(C)(F)F)CCC5)n4c(C)cn3c2)n1. The summed E-state index contributed by atoms with van der Waals surface area (Å²) in [5.74, 6) is -1.59. The molecule has 0 spiro atoms. The van der Waals surface area contributed by atoms with Crippen LogP contribution < -0.4 is 10.6 Å². The van der Waals surface area contributed by atoms with Crippen LogP contribution in [0, 0.1) is 19.3 Å². The normalized spacial score (nSPS) is 15.9. The summed E-state index contributed by atoms with van der Waals surface area (Å²) in [6, 6.07) is 1.94. The van der Waals surface area contributed by atoms with Crippen LogP contribution in [0.25, 0.3) is 22.4 Å². The van der Waals surface area contributed by atoms with Gasteiger partial charge in [-0.2, -0.15) is 0 Å². The van der Waals surface area contributed by atoms with Crippen LogP contribution in [0.3, 0.4) is 0 Å². The van der Waals surface area contributed by atoms with Gasteiger partial charge in [0.05, 0.1) is 16.6 Å². The molecule has 182 valence electrons. The van der Waals surface area contributed by atoms with Gasteiger partial charge in [0.15, 0.2) is 5.65 Å². The minimum atomic E-state index is -2.89. The molecule has 1 aliphatic rings. The molecule has 4 aromatic rings. The van der Waals surface area contributed by atoms with Crippen LogP contribution >= 0.6 is 0 Å². The number of alkyl halides is 2. The van der Waals surface area contributed by atoms with Gasteiger partial charge in [0, 0.05) is 50.0 Å². The molecule has 0 unspecified atom stereocenters. The molecule has 3 N–H and O–H groups in total. The van der Waals surface area contributed by atoms with Crippen molar-refractivity contribution in [2.24, 2.45) is 0 Å². The maximum Gasteiger partial charge on any atom is 0.257 e. The van der Waals surface area contributed by atoms with Crippen molar-refractivity contribution in [2.75, 3.05) is 12.4 Å². The number of nitrogens with zero attached hydrogens (tertiary/aromatic N) is 6. The molecule has 4 aromatic heterocycles. The van der Waals surface area contributed by atoms with Crippen molar-refractivity contribution in [2.45, 2.75) is 51.4 Å². The van der Waals surface area contributed by atoms with E-state index in [9.17, 15) is 8.78 Å². The number of aryl methyl sites for hydroxylation is 2. The molecule has 1 fully saturated rings. The van der Waals surface area contributed by atoms with E-state index in [-0.39, 0.29) is 0 Å². The largest absolute Gasteiger partial charge is 0.375 e. The average molecular weight is 480 g/mol. The lowest BCUT2D eigenvalue weighted by molar-refractivity contribution is -0.101. The average Bonchev–Trinajstić information content (AvgIpc) is 3.38. The van der Waals surface area contributed by atoms with E-state index in [0.29, 0.717) is 36.1 Å². The topological polar surface area (TPSA) is 108 Å². The van der Waals surface area contributed by atoms with Crippen LogP contribution in [0.4, 0.5) is 14.7 Å². The zero-order valence-electron chi connectivity index (χ0n) is 20.0. The highest BCUT2D eigenvalue weighted by Crippen LogP contribution is 2.53. The molecule has 0 atom stereocenters. The van der Waals surface area contributed by atoms with Crippen LogP contribution in [-0.4, -0.2) is 48.2 Å². The fourth-order valence-electron chi connectivity index (χ4n) is 4.82. The van der Waals surface area contributed by atoms with Crippen LogP contribution in [0.15, 0.2) is 36.6 Å². The van der Waals surface area contributed by atoms with Gasteiger partial charge in [-0.1, -0.05) is 6.42 Å². The smallest absolute Gasteiger partial charge is 0.257 e. The van der Waals surface area contributed by atoms with E-state index in [0.717, 1.165) is 47.6 Å². The number of hydrogen-bond acceptors (Lipinski definition) is 7. The Hall–Kier alpha value is -3.89. The van der Waals surface area contributed by atoms with Gasteiger partial charge in [-0.15, -0.1) is 10.2 Å². The third-order valence-electron chi connectivity index (χ3n) is 6.91. The van der Waals surface area contributed by atoms with Crippen LogP contribution in [0.5, 0.6) is 0 Å². The fraction of sp³-hybridized carbons (Fsp3) is 0.375. The van der Waals surface area contributed by atoms with Gasteiger partial charge < -0.3 is 20.4 Å². The Bertz CT molecular complexity index is 1470. The fourth-order valence-corrected chi connectivity index (χ4v) is 4.82. The number of rotatable bonds is 7. The number of fused-ring (bicyclic) bond motifs is 3. The summed E-state index contributed by atoms with van der Waals surface area (Å²) in [4.78, 5) is 9.02. The molecule has 9 nitrogen and oxygen atoms in total. The molecule has 0 aromatic carbocycles. The summed E-state index contributed by atoms with van der Waals surface area (Å²) in [6.07, 6.45) is 9.84. The molecule has 1 aliphatic carbocycles. The molecule has 11 heteroatoms. The molecule has 35 heavy (non-hydrogen) atoms. The predicted molar refractivity (Wildman–Crippen MR) is 130 cm³/mol. The van der Waals surface area contributed by atoms with Crippen molar-refractivity contribution < 1.29 is 8.78 Å². The van der Waals surface area contributed by atoms with Crippen LogP contribution in [-0.2, 0) is 5.41 Å². The van der Waals surface area contributed by atoms with Gasteiger partial charge in [0.1, 0.15) is 11.6 Å². The lowest BCUT2D eigenvalue weighted by Crippen LogP contribution is -2.50. The summed E-state index contributed by atoms with van der Waals surface area (Å²) in [7, 11) is 1.74. The summed E-state index contributed by atoms with van der Waals surface area (Å²) < 4.78 is 33.1. The predicted octanol–water partition coefficient (Wildman–Crippen LogP) is 4.26. The number of halogens is 2. The first-order chi connectivity index (χ1) is 16.7. The van der Waals surface area contributed by atoms with Crippen molar-refractivity contribution in [1.82, 2.24) is 34.3 Å². The van der Waals surface area contributed by atoms with Crippen LogP contribution in [0.1, 0.15) is 43.3 Å². The zero-order chi connectivity index (χ0) is 25.0. The third kappa shape index (κ3) is 3.53. The molecule has 0 aliphatic heterocycles. The highest BCUT2D eigenvalue weighted by molar-refractivity contribution is 5.80. The quantitative estimate of drug-likeness (QED) is 0.342. The van der Waals surface area contributed by atoms with Gasteiger partial charge >= 0.3 is 0 Å². The van der Waals surface area contributed by atoms with Crippen molar-refractivity contribution in [3.63, 3.8) is 0 Å². The van der Waals surface area contributed by atoms with E-state index >= 15 is 0 Å². The molecule has 0 bridgehead atoms. The second-order valence-electron chi connectivity index (χ2n) is 9.15. The van der Waals surface area contributed by atoms with E-state index in [2.05, 4.69) is 30.8 Å². The first-order valence-electron chi connectivity index (χ1n) is 11.4. The molecule has 0 saturated heterocycles. The molecule has 0 radical (unpaired) electrons. The van der Waals surface area contributed by atoms with Crippen molar-refractivity contribution in [3.8, 4) is 11.3 Å². The number of hydrogen-bond donors (Lipinski definition) is 3. The zero-order valence-corrected chi connectivity index (χ0v) is 20.0. The number of nitrogens with one attached hydrogen (secondary N) is 3. The Morgan fingerprint density at radius 1 is 1.23 bits per heavy atom. The van der Waals surface area contributed by atoms with E-state index < -0.39 is 11.3 Å². The molecule has 1 saturated carbocycles. The standard InChI is InChI=1S/C24H27F2N9/c1-14-11-29-22(30-18(28-4)6-9-27)31-19(14)16-10-17-20-32-33-21(24(7-5-8-24)23(3,25)26)35(20)15(2)12-34(17)13-16/h6,9-13,27-28H,5,7-8H2,1-4H3,(H,29,30,31)/b18-6+,27-9?. The summed E-state index contributed by atoms with van der Waals surface area (Å²) in [5.41, 5.74) is 3.23. The number of allylic oxidation sites excluding steroid dienone is 1. The first kappa shape index (κ1) is 22.9. The highest BCUT2D eigenvalue weighted by Gasteiger charge is 2.58. The van der Waals surface area contributed by atoms with E-state index in [4.69, 9.17) is 5.41 Å². The van der Waals surface area contributed by atoms with Crippen LogP contribution in [0.2, 0.25) is 0 Å². The Morgan fingerprint density at radius 3 is 2.63 bits per heavy atom. The maximum absolute atomic E-state index is 14.7.